The number of rotatable bonds is 4. The second kappa shape index (κ2) is 5.12. The molecule has 0 radical (unpaired) electrons. The standard InChI is InChI=1S/C12H21N3/c1-9(2)11(8-13)10-6-5-7-14-12(10)15(3)4/h5-7,9,11H,8,13H2,1-4H3. The molecule has 1 aromatic heterocycles. The first-order valence-electron chi connectivity index (χ1n) is 5.40. The van der Waals surface area contributed by atoms with Crippen molar-refractivity contribution < 1.29 is 0 Å². The summed E-state index contributed by atoms with van der Waals surface area (Å²) in [6.45, 7) is 5.07. The van der Waals surface area contributed by atoms with Gasteiger partial charge in [0.25, 0.3) is 0 Å². The topological polar surface area (TPSA) is 42.1 Å². The fourth-order valence-electron chi connectivity index (χ4n) is 1.83. The van der Waals surface area contributed by atoms with Crippen molar-refractivity contribution >= 4 is 5.82 Å². The molecule has 0 saturated heterocycles. The second-order valence-electron chi connectivity index (χ2n) is 4.40. The van der Waals surface area contributed by atoms with E-state index >= 15 is 0 Å². The first-order valence-corrected chi connectivity index (χ1v) is 5.40. The number of hydrogen-bond acceptors (Lipinski definition) is 3. The largest absolute Gasteiger partial charge is 0.363 e. The third-order valence-corrected chi connectivity index (χ3v) is 2.70. The van der Waals surface area contributed by atoms with Crippen molar-refractivity contribution in [3.63, 3.8) is 0 Å². The molecule has 0 aliphatic heterocycles. The van der Waals surface area contributed by atoms with E-state index in [-0.39, 0.29) is 0 Å². The summed E-state index contributed by atoms with van der Waals surface area (Å²) < 4.78 is 0. The van der Waals surface area contributed by atoms with Crippen LogP contribution in [-0.2, 0) is 0 Å². The van der Waals surface area contributed by atoms with Gasteiger partial charge in [-0.1, -0.05) is 19.9 Å². The smallest absolute Gasteiger partial charge is 0.131 e. The molecular weight excluding hydrogens is 186 g/mol. The van der Waals surface area contributed by atoms with Crippen molar-refractivity contribution in [3.8, 4) is 0 Å². The van der Waals surface area contributed by atoms with E-state index in [1.165, 1.54) is 5.56 Å². The van der Waals surface area contributed by atoms with Crippen LogP contribution in [0.1, 0.15) is 25.3 Å². The molecule has 0 aromatic carbocycles. The predicted molar refractivity (Wildman–Crippen MR) is 65.2 cm³/mol. The predicted octanol–water partition coefficient (Wildman–Crippen LogP) is 1.85. The molecule has 2 N–H and O–H groups in total. The molecule has 0 spiro atoms. The normalized spacial score (nSPS) is 12.9. The maximum absolute atomic E-state index is 5.83. The van der Waals surface area contributed by atoms with Crippen LogP contribution in [0.25, 0.3) is 0 Å². The molecule has 15 heavy (non-hydrogen) atoms. The molecule has 84 valence electrons. The molecule has 1 unspecified atom stereocenters. The van der Waals surface area contributed by atoms with Crippen LogP contribution in [0.2, 0.25) is 0 Å². The summed E-state index contributed by atoms with van der Waals surface area (Å²) in [6, 6.07) is 4.10. The first kappa shape index (κ1) is 12.0. The summed E-state index contributed by atoms with van der Waals surface area (Å²) in [6.07, 6.45) is 1.83. The second-order valence-corrected chi connectivity index (χ2v) is 4.40. The Hall–Kier alpha value is -1.09. The van der Waals surface area contributed by atoms with Crippen LogP contribution >= 0.6 is 0 Å². The van der Waals surface area contributed by atoms with E-state index in [0.29, 0.717) is 18.4 Å². The van der Waals surface area contributed by atoms with Crippen molar-refractivity contribution in [2.75, 3.05) is 25.5 Å². The highest BCUT2D eigenvalue weighted by Crippen LogP contribution is 2.29. The van der Waals surface area contributed by atoms with Gasteiger partial charge in [-0.15, -0.1) is 0 Å². The zero-order valence-corrected chi connectivity index (χ0v) is 10.1. The Bertz CT molecular complexity index is 307. The molecule has 1 atom stereocenters. The van der Waals surface area contributed by atoms with Crippen LogP contribution in [-0.4, -0.2) is 25.6 Å². The van der Waals surface area contributed by atoms with Crippen LogP contribution in [0.15, 0.2) is 18.3 Å². The van der Waals surface area contributed by atoms with Gasteiger partial charge in [0, 0.05) is 26.2 Å². The first-order chi connectivity index (χ1) is 7.07. The molecule has 1 heterocycles. The van der Waals surface area contributed by atoms with Crippen LogP contribution < -0.4 is 10.6 Å². The highest BCUT2D eigenvalue weighted by molar-refractivity contribution is 5.47. The van der Waals surface area contributed by atoms with Crippen molar-refractivity contribution in [1.82, 2.24) is 4.98 Å². The molecule has 3 heteroatoms. The summed E-state index contributed by atoms with van der Waals surface area (Å²) in [4.78, 5) is 6.44. The molecule has 1 rings (SSSR count). The van der Waals surface area contributed by atoms with Crippen molar-refractivity contribution in [2.24, 2.45) is 11.7 Å². The lowest BCUT2D eigenvalue weighted by Gasteiger charge is -2.24. The Morgan fingerprint density at radius 1 is 1.40 bits per heavy atom. The molecule has 0 aliphatic carbocycles. The zero-order chi connectivity index (χ0) is 11.4. The number of nitrogens with zero attached hydrogens (tertiary/aromatic N) is 2. The van der Waals surface area contributed by atoms with E-state index in [4.69, 9.17) is 5.73 Å². The highest BCUT2D eigenvalue weighted by atomic mass is 15.1. The lowest BCUT2D eigenvalue weighted by Crippen LogP contribution is -2.22. The zero-order valence-electron chi connectivity index (χ0n) is 10.1. The van der Waals surface area contributed by atoms with E-state index in [9.17, 15) is 0 Å². The Labute approximate surface area is 92.3 Å². The molecular formula is C12H21N3. The van der Waals surface area contributed by atoms with E-state index < -0.39 is 0 Å². The lowest BCUT2D eigenvalue weighted by molar-refractivity contribution is 0.505. The quantitative estimate of drug-likeness (QED) is 0.819. The number of nitrogens with two attached hydrogens (primary N) is 1. The molecule has 0 fully saturated rings. The van der Waals surface area contributed by atoms with Gasteiger partial charge in [-0.3, -0.25) is 0 Å². The average Bonchev–Trinajstić information content (AvgIpc) is 2.18. The molecule has 0 amide bonds. The number of hydrogen-bond donors (Lipinski definition) is 1. The lowest BCUT2D eigenvalue weighted by atomic mass is 9.88. The summed E-state index contributed by atoms with van der Waals surface area (Å²) in [5.41, 5.74) is 7.08. The van der Waals surface area contributed by atoms with Gasteiger partial charge in [0.15, 0.2) is 0 Å². The van der Waals surface area contributed by atoms with Crippen LogP contribution in [0.4, 0.5) is 5.82 Å². The minimum absolute atomic E-state index is 0.385. The number of aromatic nitrogens is 1. The molecule has 3 nitrogen and oxygen atoms in total. The van der Waals surface area contributed by atoms with Gasteiger partial charge in [-0.2, -0.15) is 0 Å². The molecule has 0 aliphatic rings. The highest BCUT2D eigenvalue weighted by Gasteiger charge is 2.18. The summed E-state index contributed by atoms with van der Waals surface area (Å²) in [5.74, 6) is 1.95. The average molecular weight is 207 g/mol. The van der Waals surface area contributed by atoms with E-state index in [0.717, 1.165) is 5.82 Å². The van der Waals surface area contributed by atoms with Gasteiger partial charge < -0.3 is 10.6 Å². The van der Waals surface area contributed by atoms with E-state index in [1.54, 1.807) is 0 Å². The van der Waals surface area contributed by atoms with Gasteiger partial charge in [-0.05, 0) is 24.1 Å². The van der Waals surface area contributed by atoms with Crippen LogP contribution in [0.3, 0.4) is 0 Å². The monoisotopic (exact) mass is 207 g/mol. The summed E-state index contributed by atoms with van der Waals surface area (Å²) >= 11 is 0. The minimum atomic E-state index is 0.385. The SMILES string of the molecule is CC(C)C(CN)c1cccnc1N(C)C. The van der Waals surface area contributed by atoms with E-state index in [1.807, 2.05) is 31.3 Å². The molecule has 1 aromatic rings. The number of anilines is 1. The number of pyridine rings is 1. The van der Waals surface area contributed by atoms with Crippen LogP contribution in [0, 0.1) is 5.92 Å². The Kier molecular flexibility index (Phi) is 4.09. The fraction of sp³-hybridized carbons (Fsp3) is 0.583. The summed E-state index contributed by atoms with van der Waals surface area (Å²) in [5, 5.41) is 0. The Morgan fingerprint density at radius 2 is 2.07 bits per heavy atom. The van der Waals surface area contributed by atoms with Crippen molar-refractivity contribution in [1.29, 1.82) is 0 Å². The van der Waals surface area contributed by atoms with Crippen LogP contribution in [0.5, 0.6) is 0 Å². The minimum Gasteiger partial charge on any atom is -0.363 e. The summed E-state index contributed by atoms with van der Waals surface area (Å²) in [7, 11) is 4.03. The molecule has 0 bridgehead atoms. The van der Waals surface area contributed by atoms with Gasteiger partial charge in [0.1, 0.15) is 5.82 Å². The fourth-order valence-corrected chi connectivity index (χ4v) is 1.83. The van der Waals surface area contributed by atoms with Crippen molar-refractivity contribution in [3.05, 3.63) is 23.9 Å². The molecule has 0 saturated carbocycles. The third kappa shape index (κ3) is 2.69. The van der Waals surface area contributed by atoms with Gasteiger partial charge >= 0.3 is 0 Å². The van der Waals surface area contributed by atoms with Gasteiger partial charge in [0.2, 0.25) is 0 Å². The Morgan fingerprint density at radius 3 is 2.53 bits per heavy atom. The maximum Gasteiger partial charge on any atom is 0.131 e. The van der Waals surface area contributed by atoms with E-state index in [2.05, 4.69) is 24.9 Å². The third-order valence-electron chi connectivity index (χ3n) is 2.70. The maximum atomic E-state index is 5.83. The van der Waals surface area contributed by atoms with Gasteiger partial charge in [-0.25, -0.2) is 4.98 Å². The van der Waals surface area contributed by atoms with Gasteiger partial charge in [0.05, 0.1) is 0 Å². The van der Waals surface area contributed by atoms with Crippen molar-refractivity contribution in [2.45, 2.75) is 19.8 Å². The Balaban J connectivity index is 3.11.